The van der Waals surface area contributed by atoms with E-state index in [-0.39, 0.29) is 0 Å². The van der Waals surface area contributed by atoms with Gasteiger partial charge in [0.1, 0.15) is 0 Å². The second-order valence-corrected chi connectivity index (χ2v) is 6.71. The predicted molar refractivity (Wildman–Crippen MR) is 77.3 cm³/mol. The maximum Gasteiger partial charge on any atom is 0.240 e. The van der Waals surface area contributed by atoms with Crippen molar-refractivity contribution in [3.05, 3.63) is 27.7 Å². The molecule has 0 saturated heterocycles. The summed E-state index contributed by atoms with van der Waals surface area (Å²) in [5.41, 5.74) is 1.65. The Hall–Kier alpha value is -0.430. The Morgan fingerprint density at radius 2 is 1.83 bits per heavy atom. The van der Waals surface area contributed by atoms with Crippen molar-refractivity contribution in [1.82, 2.24) is 10.0 Å². The maximum absolute atomic E-state index is 12.1. The summed E-state index contributed by atoms with van der Waals surface area (Å²) in [6, 6.07) is 3.52. The average molecular weight is 335 g/mol. The van der Waals surface area contributed by atoms with Crippen molar-refractivity contribution in [3.63, 3.8) is 0 Å². The van der Waals surface area contributed by atoms with E-state index in [1.54, 1.807) is 13.0 Å². The van der Waals surface area contributed by atoms with Gasteiger partial charge in [0.2, 0.25) is 10.0 Å². The van der Waals surface area contributed by atoms with Gasteiger partial charge in [0, 0.05) is 17.6 Å². The molecule has 0 saturated carbocycles. The number of nitrogens with one attached hydrogen (secondary N) is 2. The molecule has 0 bridgehead atoms. The summed E-state index contributed by atoms with van der Waals surface area (Å²) in [6.07, 6.45) is 0. The molecule has 4 nitrogen and oxygen atoms in total. The highest BCUT2D eigenvalue weighted by molar-refractivity contribution is 9.10. The molecule has 0 radical (unpaired) electrons. The van der Waals surface area contributed by atoms with Gasteiger partial charge in [0.05, 0.1) is 4.90 Å². The van der Waals surface area contributed by atoms with Crippen molar-refractivity contribution in [1.29, 1.82) is 0 Å². The maximum atomic E-state index is 12.1. The number of sulfonamides is 1. The molecule has 0 atom stereocenters. The summed E-state index contributed by atoms with van der Waals surface area (Å²) in [5, 5.41) is 3.07. The molecule has 0 unspecified atom stereocenters. The zero-order valence-electron chi connectivity index (χ0n) is 10.9. The van der Waals surface area contributed by atoms with E-state index in [0.717, 1.165) is 22.1 Å². The summed E-state index contributed by atoms with van der Waals surface area (Å²) >= 11 is 3.39. The van der Waals surface area contributed by atoms with Gasteiger partial charge in [0.25, 0.3) is 0 Å². The molecule has 18 heavy (non-hydrogen) atoms. The molecule has 0 aromatic heterocycles. The number of aryl methyl sites for hydroxylation is 2. The lowest BCUT2D eigenvalue weighted by atomic mass is 10.2. The molecule has 0 aliphatic carbocycles. The van der Waals surface area contributed by atoms with Gasteiger partial charge in [-0.15, -0.1) is 0 Å². The zero-order chi connectivity index (χ0) is 13.8. The highest BCUT2D eigenvalue weighted by atomic mass is 79.9. The second kappa shape index (κ2) is 6.65. The van der Waals surface area contributed by atoms with Crippen LogP contribution in [0.15, 0.2) is 21.5 Å². The summed E-state index contributed by atoms with van der Waals surface area (Å²) < 4.78 is 27.8. The topological polar surface area (TPSA) is 58.2 Å². The van der Waals surface area contributed by atoms with E-state index in [9.17, 15) is 8.42 Å². The number of likely N-dealkylation sites (N-methyl/N-ethyl adjacent to an activating group) is 1. The normalized spacial score (nSPS) is 11.8. The van der Waals surface area contributed by atoms with Crippen LogP contribution in [-0.2, 0) is 10.0 Å². The summed E-state index contributed by atoms with van der Waals surface area (Å²) in [4.78, 5) is 0.347. The van der Waals surface area contributed by atoms with E-state index in [2.05, 4.69) is 26.0 Å². The molecular weight excluding hydrogens is 316 g/mol. The molecule has 0 fully saturated rings. The van der Waals surface area contributed by atoms with Crippen LogP contribution in [0.4, 0.5) is 0 Å². The minimum Gasteiger partial charge on any atom is -0.316 e. The van der Waals surface area contributed by atoms with Crippen LogP contribution in [0.5, 0.6) is 0 Å². The Morgan fingerprint density at radius 3 is 2.44 bits per heavy atom. The van der Waals surface area contributed by atoms with Gasteiger partial charge < -0.3 is 5.32 Å². The van der Waals surface area contributed by atoms with E-state index in [1.807, 2.05) is 19.9 Å². The van der Waals surface area contributed by atoms with E-state index in [1.165, 1.54) is 0 Å². The number of halogens is 1. The van der Waals surface area contributed by atoms with Gasteiger partial charge in [-0.2, -0.15) is 0 Å². The molecule has 1 rings (SSSR count). The third-order valence-corrected chi connectivity index (χ3v) is 5.05. The lowest BCUT2D eigenvalue weighted by Gasteiger charge is -2.11. The minimum atomic E-state index is -3.42. The molecule has 1 aromatic rings. The molecule has 0 aliphatic heterocycles. The molecule has 0 amide bonds. The third-order valence-electron chi connectivity index (χ3n) is 2.59. The van der Waals surface area contributed by atoms with Gasteiger partial charge >= 0.3 is 0 Å². The molecule has 6 heteroatoms. The largest absolute Gasteiger partial charge is 0.316 e. The van der Waals surface area contributed by atoms with Crippen molar-refractivity contribution >= 4 is 26.0 Å². The first-order chi connectivity index (χ1) is 8.38. The van der Waals surface area contributed by atoms with Gasteiger partial charge in [-0.3, -0.25) is 0 Å². The molecule has 0 aliphatic rings. The number of benzene rings is 1. The Balaban J connectivity index is 2.88. The van der Waals surface area contributed by atoms with Gasteiger partial charge in [-0.1, -0.05) is 22.9 Å². The number of hydrogen-bond donors (Lipinski definition) is 2. The smallest absolute Gasteiger partial charge is 0.240 e. The summed E-state index contributed by atoms with van der Waals surface area (Å²) in [5.74, 6) is 0. The van der Waals surface area contributed by atoms with Crippen molar-refractivity contribution < 1.29 is 8.42 Å². The third kappa shape index (κ3) is 4.05. The van der Waals surface area contributed by atoms with Gasteiger partial charge in [-0.05, 0) is 43.7 Å². The molecule has 102 valence electrons. The standard InChI is InChI=1S/C12H19BrN2O2S/c1-4-14-5-6-15-18(16,17)12-8-9(2)11(13)7-10(12)3/h7-8,14-15H,4-6H2,1-3H3. The van der Waals surface area contributed by atoms with E-state index >= 15 is 0 Å². The Bertz CT molecular complexity index is 515. The average Bonchev–Trinajstić information content (AvgIpc) is 2.29. The summed E-state index contributed by atoms with van der Waals surface area (Å²) in [6.45, 7) is 7.51. The van der Waals surface area contributed by atoms with E-state index in [0.29, 0.717) is 18.0 Å². The van der Waals surface area contributed by atoms with Crippen LogP contribution in [0.3, 0.4) is 0 Å². The molecular formula is C12H19BrN2O2S. The first-order valence-electron chi connectivity index (χ1n) is 5.85. The van der Waals surface area contributed by atoms with Crippen molar-refractivity contribution in [2.24, 2.45) is 0 Å². The summed E-state index contributed by atoms with van der Waals surface area (Å²) in [7, 11) is -3.42. The van der Waals surface area contributed by atoms with E-state index < -0.39 is 10.0 Å². The lowest BCUT2D eigenvalue weighted by Crippen LogP contribution is -2.32. The Labute approximate surface area is 117 Å². The highest BCUT2D eigenvalue weighted by Gasteiger charge is 2.17. The molecule has 0 spiro atoms. The zero-order valence-corrected chi connectivity index (χ0v) is 13.3. The SMILES string of the molecule is CCNCCNS(=O)(=O)c1cc(C)c(Br)cc1C. The molecule has 0 heterocycles. The van der Waals surface area contributed by atoms with Crippen LogP contribution in [0.25, 0.3) is 0 Å². The first-order valence-corrected chi connectivity index (χ1v) is 8.13. The fourth-order valence-corrected chi connectivity index (χ4v) is 3.37. The highest BCUT2D eigenvalue weighted by Crippen LogP contribution is 2.23. The Morgan fingerprint density at radius 1 is 1.17 bits per heavy atom. The first kappa shape index (κ1) is 15.6. The van der Waals surface area contributed by atoms with Crippen molar-refractivity contribution in [2.75, 3.05) is 19.6 Å². The fourth-order valence-electron chi connectivity index (χ4n) is 1.57. The van der Waals surface area contributed by atoms with Crippen LogP contribution in [0.2, 0.25) is 0 Å². The molecule has 2 N–H and O–H groups in total. The fraction of sp³-hybridized carbons (Fsp3) is 0.500. The monoisotopic (exact) mass is 334 g/mol. The van der Waals surface area contributed by atoms with E-state index in [4.69, 9.17) is 0 Å². The number of hydrogen-bond acceptors (Lipinski definition) is 3. The van der Waals surface area contributed by atoms with Gasteiger partial charge in [0.15, 0.2) is 0 Å². The van der Waals surface area contributed by atoms with Gasteiger partial charge in [-0.25, -0.2) is 13.1 Å². The van der Waals surface area contributed by atoms with Crippen LogP contribution in [-0.4, -0.2) is 28.1 Å². The minimum absolute atomic E-state index is 0.347. The quantitative estimate of drug-likeness (QED) is 0.782. The molecule has 1 aromatic carbocycles. The number of rotatable bonds is 6. The van der Waals surface area contributed by atoms with Crippen molar-refractivity contribution in [3.8, 4) is 0 Å². The van der Waals surface area contributed by atoms with Crippen LogP contribution < -0.4 is 10.0 Å². The predicted octanol–water partition coefficient (Wildman–Crippen LogP) is 1.95. The van der Waals surface area contributed by atoms with Crippen LogP contribution in [0, 0.1) is 13.8 Å². The second-order valence-electron chi connectivity index (χ2n) is 4.12. The van der Waals surface area contributed by atoms with Crippen molar-refractivity contribution in [2.45, 2.75) is 25.7 Å². The Kier molecular flexibility index (Phi) is 5.78. The van der Waals surface area contributed by atoms with Crippen LogP contribution in [0.1, 0.15) is 18.1 Å². The van der Waals surface area contributed by atoms with Crippen LogP contribution >= 0.6 is 15.9 Å². The lowest BCUT2D eigenvalue weighted by molar-refractivity contribution is 0.576.